The molecule has 1 saturated heterocycles. The van der Waals surface area contributed by atoms with Crippen LogP contribution in [0.5, 0.6) is 0 Å². The fraction of sp³-hybridized carbons (Fsp3) is 0.643. The number of ether oxygens (including phenoxy) is 1. The van der Waals surface area contributed by atoms with Gasteiger partial charge in [0.25, 0.3) is 0 Å². The average molecular weight is 282 g/mol. The number of carbonyl (C=O) groups excluding carboxylic acids is 1. The number of hydrogen-bond acceptors (Lipinski definition) is 4. The van der Waals surface area contributed by atoms with Gasteiger partial charge in [0.2, 0.25) is 0 Å². The monoisotopic (exact) mass is 282 g/mol. The molecule has 0 radical (unpaired) electrons. The van der Waals surface area contributed by atoms with Gasteiger partial charge in [-0.3, -0.25) is 4.90 Å². The number of amides is 1. The van der Waals surface area contributed by atoms with Crippen LogP contribution in [0.1, 0.15) is 32.8 Å². The van der Waals surface area contributed by atoms with Gasteiger partial charge in [0.05, 0.1) is 0 Å². The van der Waals surface area contributed by atoms with Crippen LogP contribution in [0.4, 0.5) is 4.79 Å². The molecular formula is C14H22N2O2S. The highest BCUT2D eigenvalue weighted by molar-refractivity contribution is 7.07. The number of nitrogens with zero attached hydrogens (tertiary/aromatic N) is 1. The highest BCUT2D eigenvalue weighted by atomic mass is 32.1. The van der Waals surface area contributed by atoms with E-state index in [0.29, 0.717) is 0 Å². The van der Waals surface area contributed by atoms with Crippen LogP contribution in [0.2, 0.25) is 0 Å². The summed E-state index contributed by atoms with van der Waals surface area (Å²) < 4.78 is 5.27. The minimum absolute atomic E-state index is 0.202. The largest absolute Gasteiger partial charge is 0.444 e. The summed E-state index contributed by atoms with van der Waals surface area (Å²) in [5.74, 6) is 0. The lowest BCUT2D eigenvalue weighted by atomic mass is 10.2. The molecule has 2 rings (SSSR count). The molecule has 106 valence electrons. The Kier molecular flexibility index (Phi) is 4.47. The Balaban J connectivity index is 1.74. The molecule has 1 aliphatic heterocycles. The maximum Gasteiger partial charge on any atom is 0.407 e. The van der Waals surface area contributed by atoms with Gasteiger partial charge >= 0.3 is 6.09 Å². The van der Waals surface area contributed by atoms with E-state index in [1.807, 2.05) is 20.8 Å². The Bertz CT molecular complexity index is 412. The van der Waals surface area contributed by atoms with E-state index >= 15 is 0 Å². The lowest BCUT2D eigenvalue weighted by molar-refractivity contribution is 0.0506. The smallest absolute Gasteiger partial charge is 0.407 e. The van der Waals surface area contributed by atoms with Gasteiger partial charge in [0, 0.05) is 25.7 Å². The van der Waals surface area contributed by atoms with E-state index in [1.54, 1.807) is 11.3 Å². The van der Waals surface area contributed by atoms with Gasteiger partial charge < -0.3 is 10.1 Å². The van der Waals surface area contributed by atoms with Crippen LogP contribution in [-0.4, -0.2) is 35.7 Å². The molecule has 1 aliphatic rings. The Morgan fingerprint density at radius 2 is 2.37 bits per heavy atom. The number of nitrogens with one attached hydrogen (secondary N) is 1. The minimum Gasteiger partial charge on any atom is -0.444 e. The summed E-state index contributed by atoms with van der Waals surface area (Å²) in [6.45, 7) is 8.53. The molecule has 2 heterocycles. The maximum atomic E-state index is 11.7. The third-order valence-corrected chi connectivity index (χ3v) is 3.71. The first-order chi connectivity index (χ1) is 8.92. The third-order valence-electron chi connectivity index (χ3n) is 2.98. The van der Waals surface area contributed by atoms with Gasteiger partial charge in [-0.1, -0.05) is 0 Å². The molecule has 0 unspecified atom stereocenters. The van der Waals surface area contributed by atoms with E-state index in [1.165, 1.54) is 5.56 Å². The normalized spacial score (nSPS) is 20.5. The summed E-state index contributed by atoms with van der Waals surface area (Å²) in [6.07, 6.45) is 0.679. The molecule has 19 heavy (non-hydrogen) atoms. The summed E-state index contributed by atoms with van der Waals surface area (Å²) in [5.41, 5.74) is 0.918. The van der Waals surface area contributed by atoms with Crippen molar-refractivity contribution < 1.29 is 9.53 Å². The van der Waals surface area contributed by atoms with Crippen molar-refractivity contribution in [1.29, 1.82) is 0 Å². The summed E-state index contributed by atoms with van der Waals surface area (Å²) >= 11 is 1.72. The number of carbonyl (C=O) groups is 1. The Labute approximate surface area is 118 Å². The van der Waals surface area contributed by atoms with Crippen LogP contribution >= 0.6 is 11.3 Å². The van der Waals surface area contributed by atoms with Crippen LogP contribution in [0.15, 0.2) is 16.8 Å². The first-order valence-electron chi connectivity index (χ1n) is 6.65. The van der Waals surface area contributed by atoms with Crippen molar-refractivity contribution in [2.75, 3.05) is 13.1 Å². The first kappa shape index (κ1) is 14.3. The van der Waals surface area contributed by atoms with Crippen LogP contribution in [0.25, 0.3) is 0 Å². The highest BCUT2D eigenvalue weighted by Gasteiger charge is 2.25. The Morgan fingerprint density at radius 1 is 1.58 bits per heavy atom. The van der Waals surface area contributed by atoms with Gasteiger partial charge in [-0.05, 0) is 49.6 Å². The molecule has 1 N–H and O–H groups in total. The van der Waals surface area contributed by atoms with Crippen molar-refractivity contribution in [2.45, 2.75) is 45.4 Å². The van der Waals surface area contributed by atoms with E-state index in [9.17, 15) is 4.79 Å². The first-order valence-corrected chi connectivity index (χ1v) is 7.59. The standard InChI is InChI=1S/C14H22N2O2S/c1-14(2,3)18-13(17)15-12-4-6-16(9-12)8-11-5-7-19-10-11/h5,7,10,12H,4,6,8-9H2,1-3H3,(H,15,17)/t12-/m0/s1. The number of rotatable bonds is 3. The minimum atomic E-state index is -0.431. The van der Waals surface area contributed by atoms with Gasteiger partial charge in [-0.15, -0.1) is 0 Å². The number of hydrogen-bond donors (Lipinski definition) is 1. The molecule has 0 spiro atoms. The third kappa shape index (κ3) is 4.84. The molecule has 0 bridgehead atoms. The van der Waals surface area contributed by atoms with Crippen molar-refractivity contribution in [3.05, 3.63) is 22.4 Å². The van der Waals surface area contributed by atoms with E-state index in [0.717, 1.165) is 26.1 Å². The van der Waals surface area contributed by atoms with E-state index in [4.69, 9.17) is 4.74 Å². The van der Waals surface area contributed by atoms with E-state index in [-0.39, 0.29) is 12.1 Å². The summed E-state index contributed by atoms with van der Waals surface area (Å²) in [6, 6.07) is 2.35. The molecule has 1 atom stereocenters. The van der Waals surface area contributed by atoms with Gasteiger partial charge in [0.15, 0.2) is 0 Å². The van der Waals surface area contributed by atoms with Crippen molar-refractivity contribution in [1.82, 2.24) is 10.2 Å². The van der Waals surface area contributed by atoms with E-state index < -0.39 is 5.60 Å². The molecule has 1 aromatic rings. The van der Waals surface area contributed by atoms with Crippen molar-refractivity contribution in [2.24, 2.45) is 0 Å². The summed E-state index contributed by atoms with van der Waals surface area (Å²) in [7, 11) is 0. The molecule has 0 aliphatic carbocycles. The molecule has 1 amide bonds. The summed E-state index contributed by atoms with van der Waals surface area (Å²) in [4.78, 5) is 14.1. The highest BCUT2D eigenvalue weighted by Crippen LogP contribution is 2.16. The molecule has 4 nitrogen and oxygen atoms in total. The van der Waals surface area contributed by atoms with Crippen LogP contribution in [0, 0.1) is 0 Å². The molecule has 0 aromatic carbocycles. The number of thiophene rings is 1. The van der Waals surface area contributed by atoms with Crippen molar-refractivity contribution >= 4 is 17.4 Å². The topological polar surface area (TPSA) is 41.6 Å². The zero-order chi connectivity index (χ0) is 13.9. The fourth-order valence-corrected chi connectivity index (χ4v) is 2.87. The average Bonchev–Trinajstić information content (AvgIpc) is 2.88. The predicted molar refractivity (Wildman–Crippen MR) is 77.4 cm³/mol. The number of likely N-dealkylation sites (tertiary alicyclic amines) is 1. The van der Waals surface area contributed by atoms with Crippen molar-refractivity contribution in [3.8, 4) is 0 Å². The molecule has 1 aromatic heterocycles. The van der Waals surface area contributed by atoms with Crippen molar-refractivity contribution in [3.63, 3.8) is 0 Å². The molecule has 1 fully saturated rings. The molecular weight excluding hydrogens is 260 g/mol. The van der Waals surface area contributed by atoms with Crippen LogP contribution < -0.4 is 5.32 Å². The fourth-order valence-electron chi connectivity index (χ4n) is 2.21. The van der Waals surface area contributed by atoms with Crippen LogP contribution in [-0.2, 0) is 11.3 Å². The molecule has 0 saturated carbocycles. The zero-order valence-electron chi connectivity index (χ0n) is 11.8. The van der Waals surface area contributed by atoms with Gasteiger partial charge in [-0.2, -0.15) is 11.3 Å². The SMILES string of the molecule is CC(C)(C)OC(=O)N[C@H]1CCN(Cc2ccsc2)C1. The second-order valence-corrected chi connectivity index (χ2v) is 6.78. The molecule has 5 heteroatoms. The Hall–Kier alpha value is -1.07. The lowest BCUT2D eigenvalue weighted by Gasteiger charge is -2.22. The second-order valence-electron chi connectivity index (χ2n) is 6.00. The Morgan fingerprint density at radius 3 is 3.00 bits per heavy atom. The maximum absolute atomic E-state index is 11.7. The predicted octanol–water partition coefficient (Wildman–Crippen LogP) is 2.85. The second kappa shape index (κ2) is 5.92. The van der Waals surface area contributed by atoms with Gasteiger partial charge in [0.1, 0.15) is 5.60 Å². The lowest BCUT2D eigenvalue weighted by Crippen LogP contribution is -2.40. The van der Waals surface area contributed by atoms with Crippen LogP contribution in [0.3, 0.4) is 0 Å². The quantitative estimate of drug-likeness (QED) is 0.927. The van der Waals surface area contributed by atoms with Gasteiger partial charge in [-0.25, -0.2) is 4.79 Å². The summed E-state index contributed by atoms with van der Waals surface area (Å²) in [5, 5.41) is 7.22. The zero-order valence-corrected chi connectivity index (χ0v) is 12.6. The van der Waals surface area contributed by atoms with E-state index in [2.05, 4.69) is 27.0 Å². The number of alkyl carbamates (subject to hydrolysis) is 1.